The molecular formula is C29H30N4O3. The van der Waals surface area contributed by atoms with Crippen LogP contribution in [0, 0.1) is 12.8 Å². The molecule has 3 aromatic carbocycles. The normalized spacial score (nSPS) is 14.9. The number of hydrogen-bond acceptors (Lipinski definition) is 5. The average Bonchev–Trinajstić information content (AvgIpc) is 3.66. The van der Waals surface area contributed by atoms with E-state index in [2.05, 4.69) is 10.4 Å². The van der Waals surface area contributed by atoms with Gasteiger partial charge < -0.3 is 20.9 Å². The van der Waals surface area contributed by atoms with Crippen LogP contribution in [0.4, 0.5) is 5.69 Å². The Morgan fingerprint density at radius 2 is 1.81 bits per heavy atom. The molecule has 4 N–H and O–H groups in total. The third-order valence-corrected chi connectivity index (χ3v) is 6.36. The van der Waals surface area contributed by atoms with Gasteiger partial charge in [0.15, 0.2) is 0 Å². The van der Waals surface area contributed by atoms with E-state index in [0.29, 0.717) is 41.6 Å². The summed E-state index contributed by atoms with van der Waals surface area (Å²) < 4.78 is 7.71. The fourth-order valence-electron chi connectivity index (χ4n) is 4.20. The first-order chi connectivity index (χ1) is 17.5. The van der Waals surface area contributed by atoms with Crippen molar-refractivity contribution in [2.75, 3.05) is 11.9 Å². The standard InChI is InChI=1S/C29H30N4O3/c1-20-15-27(33(32-20)26-12-5-7-22(16-26)18-30)28(34)31-25-11-6-10-24(17-25)29(35,36-19-21-13-14-21)23-8-3-2-4-9-23/h2-12,15-17,21,35H,13-14,18-19,30H2,1H3,(H,31,34). The number of aryl methyl sites for hydroxylation is 1. The number of nitrogens with zero attached hydrogens (tertiary/aromatic N) is 2. The molecule has 7 heteroatoms. The second-order valence-corrected chi connectivity index (χ2v) is 9.26. The summed E-state index contributed by atoms with van der Waals surface area (Å²) in [6, 6.07) is 25.8. The van der Waals surface area contributed by atoms with Crippen molar-refractivity contribution in [1.29, 1.82) is 0 Å². The van der Waals surface area contributed by atoms with Crippen molar-refractivity contribution in [1.82, 2.24) is 9.78 Å². The van der Waals surface area contributed by atoms with Crippen LogP contribution in [-0.2, 0) is 17.1 Å². The Balaban J connectivity index is 1.43. The lowest BCUT2D eigenvalue weighted by atomic mass is 9.96. The first-order valence-corrected chi connectivity index (χ1v) is 12.2. The van der Waals surface area contributed by atoms with E-state index in [-0.39, 0.29) is 5.91 Å². The quantitative estimate of drug-likeness (QED) is 0.305. The van der Waals surface area contributed by atoms with Gasteiger partial charge >= 0.3 is 0 Å². The number of benzene rings is 3. The summed E-state index contributed by atoms with van der Waals surface area (Å²) in [5.41, 5.74) is 10.4. The van der Waals surface area contributed by atoms with Crippen LogP contribution in [0.3, 0.4) is 0 Å². The predicted molar refractivity (Wildman–Crippen MR) is 139 cm³/mol. The summed E-state index contributed by atoms with van der Waals surface area (Å²) in [5, 5.41) is 19.2. The first kappa shape index (κ1) is 23.9. The number of aromatic nitrogens is 2. The zero-order valence-electron chi connectivity index (χ0n) is 20.2. The molecule has 36 heavy (non-hydrogen) atoms. The number of carbonyl (C=O) groups excluding carboxylic acids is 1. The van der Waals surface area contributed by atoms with E-state index in [0.717, 1.165) is 29.8 Å². The number of hydrogen-bond donors (Lipinski definition) is 3. The van der Waals surface area contributed by atoms with Crippen molar-refractivity contribution in [3.8, 4) is 5.69 Å². The van der Waals surface area contributed by atoms with Gasteiger partial charge in [-0.15, -0.1) is 0 Å². The van der Waals surface area contributed by atoms with E-state index in [9.17, 15) is 9.90 Å². The highest BCUT2D eigenvalue weighted by atomic mass is 16.6. The highest BCUT2D eigenvalue weighted by Gasteiger charge is 2.35. The molecule has 1 aliphatic carbocycles. The maximum absolute atomic E-state index is 13.3. The summed E-state index contributed by atoms with van der Waals surface area (Å²) in [6.45, 7) is 2.72. The van der Waals surface area contributed by atoms with E-state index in [4.69, 9.17) is 10.5 Å². The maximum atomic E-state index is 13.3. The van der Waals surface area contributed by atoms with Crippen LogP contribution < -0.4 is 11.1 Å². The molecule has 0 spiro atoms. The van der Waals surface area contributed by atoms with Crippen LogP contribution in [0.1, 0.15) is 45.7 Å². The summed E-state index contributed by atoms with van der Waals surface area (Å²) >= 11 is 0. The van der Waals surface area contributed by atoms with Gasteiger partial charge in [0.05, 0.1) is 18.0 Å². The Labute approximate surface area is 210 Å². The zero-order valence-corrected chi connectivity index (χ0v) is 20.2. The maximum Gasteiger partial charge on any atom is 0.274 e. The minimum Gasteiger partial charge on any atom is -0.358 e. The molecule has 5 rings (SSSR count). The highest BCUT2D eigenvalue weighted by molar-refractivity contribution is 6.03. The van der Waals surface area contributed by atoms with Crippen LogP contribution in [0.2, 0.25) is 0 Å². The Bertz CT molecular complexity index is 1360. The van der Waals surface area contributed by atoms with Crippen molar-refractivity contribution < 1.29 is 14.6 Å². The smallest absolute Gasteiger partial charge is 0.274 e. The molecule has 0 bridgehead atoms. The molecule has 1 unspecified atom stereocenters. The monoisotopic (exact) mass is 482 g/mol. The topological polar surface area (TPSA) is 102 Å². The minimum atomic E-state index is -1.62. The van der Waals surface area contributed by atoms with Crippen LogP contribution >= 0.6 is 0 Å². The Morgan fingerprint density at radius 1 is 1.06 bits per heavy atom. The fourth-order valence-corrected chi connectivity index (χ4v) is 4.20. The number of aliphatic hydroxyl groups is 1. The molecule has 1 aliphatic rings. The third-order valence-electron chi connectivity index (χ3n) is 6.36. The van der Waals surface area contributed by atoms with E-state index in [1.807, 2.05) is 67.6 Å². The second kappa shape index (κ2) is 10.1. The lowest BCUT2D eigenvalue weighted by molar-refractivity contribution is -0.183. The van der Waals surface area contributed by atoms with Gasteiger partial charge in [-0.1, -0.05) is 54.6 Å². The Hall–Kier alpha value is -3.78. The van der Waals surface area contributed by atoms with Crippen molar-refractivity contribution >= 4 is 11.6 Å². The number of amides is 1. The van der Waals surface area contributed by atoms with Crippen LogP contribution in [0.25, 0.3) is 5.69 Å². The number of anilines is 1. The molecule has 1 fully saturated rings. The van der Waals surface area contributed by atoms with E-state index in [1.54, 1.807) is 28.9 Å². The van der Waals surface area contributed by atoms with E-state index >= 15 is 0 Å². The number of rotatable bonds is 9. The third kappa shape index (κ3) is 5.09. The molecule has 0 aliphatic heterocycles. The SMILES string of the molecule is Cc1cc(C(=O)Nc2cccc(C(O)(OCC3CC3)c3ccccc3)c2)n(-c2cccc(CN)c2)n1. The van der Waals surface area contributed by atoms with Crippen LogP contribution in [0.5, 0.6) is 0 Å². The largest absolute Gasteiger partial charge is 0.358 e. The van der Waals surface area contributed by atoms with Gasteiger partial charge in [-0.25, -0.2) is 4.68 Å². The Kier molecular flexibility index (Phi) is 6.69. The Morgan fingerprint density at radius 3 is 2.56 bits per heavy atom. The molecule has 1 amide bonds. The van der Waals surface area contributed by atoms with Crippen molar-refractivity contribution in [2.24, 2.45) is 11.7 Å². The van der Waals surface area contributed by atoms with E-state index < -0.39 is 5.79 Å². The van der Waals surface area contributed by atoms with E-state index in [1.165, 1.54) is 0 Å². The molecule has 0 saturated heterocycles. The number of nitrogens with two attached hydrogens (primary N) is 1. The van der Waals surface area contributed by atoms with Gasteiger partial charge in [0, 0.05) is 23.4 Å². The van der Waals surface area contributed by atoms with Gasteiger partial charge in [-0.3, -0.25) is 4.79 Å². The lowest BCUT2D eigenvalue weighted by Crippen LogP contribution is -2.32. The van der Waals surface area contributed by atoms with Gasteiger partial charge in [-0.2, -0.15) is 5.10 Å². The molecule has 1 heterocycles. The molecule has 0 radical (unpaired) electrons. The summed E-state index contributed by atoms with van der Waals surface area (Å²) in [7, 11) is 0. The van der Waals surface area contributed by atoms with Crippen molar-refractivity contribution in [3.05, 3.63) is 113 Å². The average molecular weight is 483 g/mol. The van der Waals surface area contributed by atoms with Crippen LogP contribution in [-0.4, -0.2) is 27.4 Å². The summed E-state index contributed by atoms with van der Waals surface area (Å²) in [4.78, 5) is 13.3. The van der Waals surface area contributed by atoms with Crippen LogP contribution in [0.15, 0.2) is 84.9 Å². The van der Waals surface area contributed by atoms with Crippen molar-refractivity contribution in [3.63, 3.8) is 0 Å². The molecule has 1 atom stereocenters. The summed E-state index contributed by atoms with van der Waals surface area (Å²) in [6.07, 6.45) is 2.23. The van der Waals surface area contributed by atoms with Gasteiger partial charge in [0.2, 0.25) is 5.79 Å². The fraction of sp³-hybridized carbons (Fsp3) is 0.241. The van der Waals surface area contributed by atoms with Gasteiger partial charge in [0.25, 0.3) is 5.91 Å². The number of ether oxygens (including phenoxy) is 1. The number of carbonyl (C=O) groups is 1. The van der Waals surface area contributed by atoms with Gasteiger partial charge in [0.1, 0.15) is 5.69 Å². The lowest BCUT2D eigenvalue weighted by Gasteiger charge is -2.30. The molecule has 7 nitrogen and oxygen atoms in total. The molecule has 4 aromatic rings. The molecular weight excluding hydrogens is 452 g/mol. The molecule has 184 valence electrons. The van der Waals surface area contributed by atoms with Crippen molar-refractivity contribution in [2.45, 2.75) is 32.1 Å². The predicted octanol–water partition coefficient (Wildman–Crippen LogP) is 4.51. The summed E-state index contributed by atoms with van der Waals surface area (Å²) in [5.74, 6) is -1.46. The molecule has 1 saturated carbocycles. The molecule has 1 aromatic heterocycles. The van der Waals surface area contributed by atoms with Gasteiger partial charge in [-0.05, 0) is 61.6 Å². The highest BCUT2D eigenvalue weighted by Crippen LogP contribution is 2.36. The first-order valence-electron chi connectivity index (χ1n) is 12.2. The number of nitrogens with one attached hydrogen (secondary N) is 1. The minimum absolute atomic E-state index is 0.312. The zero-order chi connectivity index (χ0) is 25.1. The second-order valence-electron chi connectivity index (χ2n) is 9.26.